The van der Waals surface area contributed by atoms with E-state index in [-0.39, 0.29) is 34.5 Å². The number of carbonyl (C=O) groups excluding carboxylic acids is 1. The number of anilines is 1. The summed E-state index contributed by atoms with van der Waals surface area (Å²) in [6.45, 7) is 0. The zero-order chi connectivity index (χ0) is 14.4. The molecule has 0 aromatic heterocycles. The summed E-state index contributed by atoms with van der Waals surface area (Å²) >= 11 is 5.78. The molecular formula is C14H15ClF2N2O. The summed E-state index contributed by atoms with van der Waals surface area (Å²) in [4.78, 5) is 12.3. The SMILES string of the molecule is NC1C2CCC(C2)C1C(=O)Nc1c(F)cc(F)cc1Cl. The Hall–Kier alpha value is -1.20. The standard InChI is InChI=1S/C14H15ClF2N2O/c15-9-4-8(16)5-10(17)13(9)19-14(20)11-6-1-2-7(3-6)12(11)18/h4-7,11-12H,1-3,18H2,(H,19,20). The van der Waals surface area contributed by atoms with E-state index in [1.807, 2.05) is 0 Å². The third-order valence-corrected chi connectivity index (χ3v) is 4.84. The van der Waals surface area contributed by atoms with Crippen LogP contribution in [0.25, 0.3) is 0 Å². The molecule has 0 saturated heterocycles. The van der Waals surface area contributed by atoms with Crippen molar-refractivity contribution in [2.75, 3.05) is 5.32 Å². The van der Waals surface area contributed by atoms with Gasteiger partial charge in [-0.15, -0.1) is 0 Å². The van der Waals surface area contributed by atoms with Crippen molar-refractivity contribution >= 4 is 23.2 Å². The number of benzene rings is 1. The van der Waals surface area contributed by atoms with Gasteiger partial charge in [0.25, 0.3) is 0 Å². The molecule has 0 radical (unpaired) electrons. The molecule has 0 aliphatic heterocycles. The second-order valence-electron chi connectivity index (χ2n) is 5.67. The van der Waals surface area contributed by atoms with E-state index < -0.39 is 11.6 Å². The van der Waals surface area contributed by atoms with Crippen LogP contribution < -0.4 is 11.1 Å². The third-order valence-electron chi connectivity index (χ3n) is 4.54. The Balaban J connectivity index is 1.80. The number of nitrogens with two attached hydrogens (primary N) is 1. The molecule has 1 aromatic rings. The Morgan fingerprint density at radius 3 is 2.60 bits per heavy atom. The number of nitrogens with one attached hydrogen (secondary N) is 1. The lowest BCUT2D eigenvalue weighted by Gasteiger charge is -2.27. The number of hydrogen-bond donors (Lipinski definition) is 2. The van der Waals surface area contributed by atoms with Gasteiger partial charge in [0.2, 0.25) is 5.91 Å². The van der Waals surface area contributed by atoms with Gasteiger partial charge in [0.15, 0.2) is 5.82 Å². The van der Waals surface area contributed by atoms with Crippen molar-refractivity contribution < 1.29 is 13.6 Å². The van der Waals surface area contributed by atoms with Crippen LogP contribution >= 0.6 is 11.6 Å². The maximum absolute atomic E-state index is 13.7. The van der Waals surface area contributed by atoms with Gasteiger partial charge in [0.05, 0.1) is 16.6 Å². The fourth-order valence-corrected chi connectivity index (χ4v) is 3.83. The minimum Gasteiger partial charge on any atom is -0.327 e. The largest absolute Gasteiger partial charge is 0.327 e. The fraction of sp³-hybridized carbons (Fsp3) is 0.500. The summed E-state index contributed by atoms with van der Waals surface area (Å²) in [6.07, 6.45) is 3.00. The second-order valence-corrected chi connectivity index (χ2v) is 6.08. The van der Waals surface area contributed by atoms with Crippen LogP contribution in [0.15, 0.2) is 12.1 Å². The predicted octanol–water partition coefficient (Wildman–Crippen LogP) is 2.93. The van der Waals surface area contributed by atoms with Crippen LogP contribution in [0.3, 0.4) is 0 Å². The third kappa shape index (κ3) is 2.19. The van der Waals surface area contributed by atoms with Crippen molar-refractivity contribution in [2.45, 2.75) is 25.3 Å². The van der Waals surface area contributed by atoms with Gasteiger partial charge in [0.1, 0.15) is 5.82 Å². The number of rotatable bonds is 2. The van der Waals surface area contributed by atoms with Crippen molar-refractivity contribution in [2.24, 2.45) is 23.5 Å². The molecule has 6 heteroatoms. The van der Waals surface area contributed by atoms with E-state index in [1.54, 1.807) is 0 Å². The first-order valence-corrected chi connectivity index (χ1v) is 7.06. The van der Waals surface area contributed by atoms with Crippen LogP contribution in [0.1, 0.15) is 19.3 Å². The van der Waals surface area contributed by atoms with Crippen LogP contribution in [-0.2, 0) is 4.79 Å². The number of amides is 1. The second kappa shape index (κ2) is 4.97. The van der Waals surface area contributed by atoms with Crippen LogP contribution in [0.2, 0.25) is 5.02 Å². The van der Waals surface area contributed by atoms with E-state index in [0.29, 0.717) is 12.0 Å². The van der Waals surface area contributed by atoms with Gasteiger partial charge in [-0.25, -0.2) is 8.78 Å². The van der Waals surface area contributed by atoms with Crippen molar-refractivity contribution in [3.05, 3.63) is 28.8 Å². The molecule has 2 bridgehead atoms. The highest BCUT2D eigenvalue weighted by Gasteiger charge is 2.49. The molecule has 3 nitrogen and oxygen atoms in total. The summed E-state index contributed by atoms with van der Waals surface area (Å²) in [5.74, 6) is -1.64. The van der Waals surface area contributed by atoms with E-state index in [1.165, 1.54) is 0 Å². The van der Waals surface area contributed by atoms with Crippen LogP contribution in [0, 0.1) is 29.4 Å². The molecule has 0 spiro atoms. The van der Waals surface area contributed by atoms with Crippen molar-refractivity contribution in [1.29, 1.82) is 0 Å². The lowest BCUT2D eigenvalue weighted by molar-refractivity contribution is -0.121. The molecule has 1 amide bonds. The molecule has 0 heterocycles. The minimum atomic E-state index is -0.875. The summed E-state index contributed by atoms with van der Waals surface area (Å²) in [7, 11) is 0. The van der Waals surface area contributed by atoms with Crippen molar-refractivity contribution in [3.8, 4) is 0 Å². The summed E-state index contributed by atoms with van der Waals surface area (Å²) in [6, 6.07) is 1.49. The van der Waals surface area contributed by atoms with Gasteiger partial charge in [-0.1, -0.05) is 11.6 Å². The molecule has 3 N–H and O–H groups in total. The molecule has 4 atom stereocenters. The predicted molar refractivity (Wildman–Crippen MR) is 72.3 cm³/mol. The van der Waals surface area contributed by atoms with E-state index in [4.69, 9.17) is 17.3 Å². The molecule has 108 valence electrons. The van der Waals surface area contributed by atoms with Gasteiger partial charge >= 0.3 is 0 Å². The molecule has 4 unspecified atom stereocenters. The topological polar surface area (TPSA) is 55.1 Å². The molecule has 2 aliphatic carbocycles. The Kier molecular flexibility index (Phi) is 3.42. The van der Waals surface area contributed by atoms with Crippen LogP contribution in [0.4, 0.5) is 14.5 Å². The zero-order valence-corrected chi connectivity index (χ0v) is 11.5. The Labute approximate surface area is 120 Å². The highest BCUT2D eigenvalue weighted by molar-refractivity contribution is 6.33. The van der Waals surface area contributed by atoms with Gasteiger partial charge < -0.3 is 11.1 Å². The van der Waals surface area contributed by atoms with Crippen molar-refractivity contribution in [1.82, 2.24) is 0 Å². The molecular weight excluding hydrogens is 286 g/mol. The van der Waals surface area contributed by atoms with Crippen LogP contribution in [0.5, 0.6) is 0 Å². The number of hydrogen-bond acceptors (Lipinski definition) is 2. The summed E-state index contributed by atoms with van der Waals surface area (Å²) in [5.41, 5.74) is 5.90. The first-order chi connectivity index (χ1) is 9.47. The first-order valence-electron chi connectivity index (χ1n) is 6.68. The quantitative estimate of drug-likeness (QED) is 0.882. The van der Waals surface area contributed by atoms with E-state index in [9.17, 15) is 13.6 Å². The lowest BCUT2D eigenvalue weighted by atomic mass is 9.84. The Morgan fingerprint density at radius 2 is 2.00 bits per heavy atom. The highest BCUT2D eigenvalue weighted by atomic mass is 35.5. The monoisotopic (exact) mass is 300 g/mol. The minimum absolute atomic E-state index is 0.146. The normalized spacial score (nSPS) is 31.6. The zero-order valence-electron chi connectivity index (χ0n) is 10.7. The van der Waals surface area contributed by atoms with Crippen molar-refractivity contribution in [3.63, 3.8) is 0 Å². The average molecular weight is 301 g/mol. The Morgan fingerprint density at radius 1 is 1.30 bits per heavy atom. The maximum Gasteiger partial charge on any atom is 0.229 e. The van der Waals surface area contributed by atoms with E-state index in [2.05, 4.69) is 5.32 Å². The van der Waals surface area contributed by atoms with Gasteiger partial charge in [-0.3, -0.25) is 4.79 Å². The van der Waals surface area contributed by atoms with Crippen LogP contribution in [-0.4, -0.2) is 11.9 Å². The number of fused-ring (bicyclic) bond motifs is 2. The molecule has 20 heavy (non-hydrogen) atoms. The lowest BCUT2D eigenvalue weighted by Crippen LogP contribution is -2.42. The van der Waals surface area contributed by atoms with E-state index >= 15 is 0 Å². The maximum atomic E-state index is 13.7. The molecule has 3 rings (SSSR count). The van der Waals surface area contributed by atoms with E-state index in [0.717, 1.165) is 25.3 Å². The summed E-state index contributed by atoms with van der Waals surface area (Å²) in [5, 5.41) is 2.32. The molecule has 2 fully saturated rings. The fourth-order valence-electron chi connectivity index (χ4n) is 3.59. The van der Waals surface area contributed by atoms with Gasteiger partial charge in [-0.2, -0.15) is 0 Å². The smallest absolute Gasteiger partial charge is 0.229 e. The molecule has 1 aromatic carbocycles. The molecule has 2 aliphatic rings. The van der Waals surface area contributed by atoms with Gasteiger partial charge in [0, 0.05) is 12.1 Å². The first kappa shape index (κ1) is 13.8. The highest BCUT2D eigenvalue weighted by Crippen LogP contribution is 2.48. The van der Waals surface area contributed by atoms with Gasteiger partial charge in [-0.05, 0) is 37.2 Å². The average Bonchev–Trinajstić information content (AvgIpc) is 2.94. The summed E-state index contributed by atoms with van der Waals surface area (Å²) < 4.78 is 26.6. The number of carbonyl (C=O) groups is 1. The number of halogens is 3. The Bertz CT molecular complexity index is 541. The molecule has 2 saturated carbocycles.